The van der Waals surface area contributed by atoms with Crippen molar-refractivity contribution < 1.29 is 29.4 Å². The lowest BCUT2D eigenvalue weighted by atomic mass is 10.0. The second-order valence-electron chi connectivity index (χ2n) is 5.88. The van der Waals surface area contributed by atoms with E-state index in [0.717, 1.165) is 16.2 Å². The molecule has 2 fully saturated rings. The highest BCUT2D eigenvalue weighted by Crippen LogP contribution is 2.43. The maximum Gasteiger partial charge on any atom is 0.352 e. The van der Waals surface area contributed by atoms with E-state index in [1.54, 1.807) is 0 Å². The van der Waals surface area contributed by atoms with Crippen LogP contribution in [-0.4, -0.2) is 73.6 Å². The molecule has 27 heavy (non-hydrogen) atoms. The number of hydrogen-bond acceptors (Lipinski definition) is 10. The molecule has 5 N–H and O–H groups in total. The molecule has 13 heteroatoms. The Bertz CT molecular complexity index is 908. The van der Waals surface area contributed by atoms with Gasteiger partial charge < -0.3 is 26.1 Å². The van der Waals surface area contributed by atoms with Crippen LogP contribution in [0.1, 0.15) is 5.69 Å². The molecule has 3 aliphatic rings. The Morgan fingerprint density at radius 2 is 2.22 bits per heavy atom. The van der Waals surface area contributed by atoms with Gasteiger partial charge in [0.2, 0.25) is 0 Å². The van der Waals surface area contributed by atoms with E-state index in [4.69, 9.17) is 15.7 Å². The molecule has 4 rings (SSSR count). The standard InChI is InChI=1S/C14H13N5O6S2/c15-14-16-5(3-27-14)7(18-24)10(20)17-8-11(21)19-9(13(22)23)4(6-1-25-6)2-26-12(8)19/h3,6,8,12,24H,1-2H2,(H2,15,16)(H,17,20)(H,22,23)/b18-7-/t6?,8-,12-/m1/s1. The molecule has 142 valence electrons. The smallest absolute Gasteiger partial charge is 0.352 e. The van der Waals surface area contributed by atoms with Crippen molar-refractivity contribution in [2.45, 2.75) is 17.5 Å². The fourth-order valence-corrected chi connectivity index (χ4v) is 4.91. The molecule has 0 aliphatic carbocycles. The van der Waals surface area contributed by atoms with Gasteiger partial charge in [-0.15, -0.1) is 23.1 Å². The number of thioether (sulfide) groups is 1. The summed E-state index contributed by atoms with van der Waals surface area (Å²) in [6.45, 7) is 0.437. The number of nitrogens with two attached hydrogens (primary N) is 1. The van der Waals surface area contributed by atoms with Crippen molar-refractivity contribution in [2.24, 2.45) is 5.16 Å². The molecule has 2 amide bonds. The third-order valence-electron chi connectivity index (χ3n) is 4.29. The van der Waals surface area contributed by atoms with Crippen LogP contribution in [0.2, 0.25) is 0 Å². The van der Waals surface area contributed by atoms with Crippen LogP contribution < -0.4 is 11.1 Å². The third kappa shape index (κ3) is 2.93. The van der Waals surface area contributed by atoms with Crippen LogP contribution in [0.25, 0.3) is 0 Å². The number of aromatic nitrogens is 1. The van der Waals surface area contributed by atoms with Crippen molar-refractivity contribution in [1.82, 2.24) is 15.2 Å². The predicted molar refractivity (Wildman–Crippen MR) is 94.3 cm³/mol. The molecule has 0 spiro atoms. The number of epoxide rings is 1. The average molecular weight is 411 g/mol. The molecule has 4 heterocycles. The van der Waals surface area contributed by atoms with E-state index in [0.29, 0.717) is 17.9 Å². The second-order valence-corrected chi connectivity index (χ2v) is 7.88. The van der Waals surface area contributed by atoms with E-state index in [1.165, 1.54) is 17.1 Å². The van der Waals surface area contributed by atoms with Gasteiger partial charge in [-0.3, -0.25) is 14.5 Å². The van der Waals surface area contributed by atoms with Gasteiger partial charge >= 0.3 is 5.97 Å². The first-order valence-corrected chi connectivity index (χ1v) is 9.62. The first-order chi connectivity index (χ1) is 12.9. The minimum absolute atomic E-state index is 0.0803. The monoisotopic (exact) mass is 411 g/mol. The van der Waals surface area contributed by atoms with Gasteiger partial charge in [0.05, 0.1) is 6.61 Å². The van der Waals surface area contributed by atoms with E-state index in [2.05, 4.69) is 15.5 Å². The van der Waals surface area contributed by atoms with Gasteiger partial charge in [0, 0.05) is 16.7 Å². The van der Waals surface area contributed by atoms with Crippen LogP contribution in [0.15, 0.2) is 21.8 Å². The van der Waals surface area contributed by atoms with E-state index >= 15 is 0 Å². The minimum atomic E-state index is -1.21. The lowest BCUT2D eigenvalue weighted by Gasteiger charge is -2.49. The van der Waals surface area contributed by atoms with Gasteiger partial charge in [-0.05, 0) is 0 Å². The SMILES string of the molecule is Nc1nc(/C(=N/O)C(=O)N[C@@H]2C(=O)N3C(C(=O)O)=C(C4CO4)CS[C@H]23)cs1. The predicted octanol–water partition coefficient (Wildman–Crippen LogP) is -0.959. The first kappa shape index (κ1) is 17.8. The largest absolute Gasteiger partial charge is 0.477 e. The van der Waals surface area contributed by atoms with Crippen LogP contribution in [0.4, 0.5) is 5.13 Å². The summed E-state index contributed by atoms with van der Waals surface area (Å²) < 4.78 is 5.16. The third-order valence-corrected chi connectivity index (χ3v) is 6.26. The molecule has 1 aromatic heterocycles. The number of anilines is 1. The quantitative estimate of drug-likeness (QED) is 0.157. The van der Waals surface area contributed by atoms with Crippen LogP contribution in [0, 0.1) is 0 Å². The number of fused-ring (bicyclic) bond motifs is 1. The molecule has 0 bridgehead atoms. The molecule has 0 radical (unpaired) electrons. The Hall–Kier alpha value is -2.64. The Kier molecular flexibility index (Phi) is 4.28. The molecular formula is C14H13N5O6S2. The van der Waals surface area contributed by atoms with Crippen molar-refractivity contribution in [3.05, 3.63) is 22.3 Å². The number of nitrogen functional groups attached to an aromatic ring is 1. The number of nitrogens with one attached hydrogen (secondary N) is 1. The molecule has 1 aromatic rings. The zero-order valence-electron chi connectivity index (χ0n) is 13.5. The van der Waals surface area contributed by atoms with Crippen molar-refractivity contribution >= 4 is 51.7 Å². The van der Waals surface area contributed by atoms with Gasteiger partial charge in [0.15, 0.2) is 10.8 Å². The number of carboxylic acids is 1. The number of hydrogen-bond donors (Lipinski definition) is 4. The number of aliphatic carboxylic acids is 1. The van der Waals surface area contributed by atoms with E-state index in [-0.39, 0.29) is 28.3 Å². The molecular weight excluding hydrogens is 398 g/mol. The minimum Gasteiger partial charge on any atom is -0.477 e. The molecule has 11 nitrogen and oxygen atoms in total. The highest BCUT2D eigenvalue weighted by molar-refractivity contribution is 8.00. The Morgan fingerprint density at radius 1 is 1.48 bits per heavy atom. The number of carbonyl (C=O) groups is 3. The first-order valence-electron chi connectivity index (χ1n) is 7.69. The highest BCUT2D eigenvalue weighted by Gasteiger charge is 2.55. The van der Waals surface area contributed by atoms with Crippen LogP contribution in [0.3, 0.4) is 0 Å². The maximum absolute atomic E-state index is 12.5. The summed E-state index contributed by atoms with van der Waals surface area (Å²) in [5.74, 6) is -2.18. The molecule has 3 atom stereocenters. The van der Waals surface area contributed by atoms with E-state index < -0.39 is 29.2 Å². The summed E-state index contributed by atoms with van der Waals surface area (Å²) >= 11 is 2.40. The Balaban J connectivity index is 1.52. The van der Waals surface area contributed by atoms with E-state index in [9.17, 15) is 19.5 Å². The summed E-state index contributed by atoms with van der Waals surface area (Å²) in [6.07, 6.45) is -0.269. The molecule has 1 unspecified atom stereocenters. The van der Waals surface area contributed by atoms with Crippen LogP contribution >= 0.6 is 23.1 Å². The number of ether oxygens (including phenoxy) is 1. The normalized spacial score (nSPS) is 27.1. The highest BCUT2D eigenvalue weighted by atomic mass is 32.2. The van der Waals surface area contributed by atoms with Crippen molar-refractivity contribution in [3.8, 4) is 0 Å². The van der Waals surface area contributed by atoms with Gasteiger partial charge in [0.25, 0.3) is 11.8 Å². The van der Waals surface area contributed by atoms with Crippen LogP contribution in [0.5, 0.6) is 0 Å². The lowest BCUT2D eigenvalue weighted by Crippen LogP contribution is -2.71. The second kappa shape index (κ2) is 6.51. The number of amides is 2. The number of nitrogens with zero attached hydrogens (tertiary/aromatic N) is 3. The fraction of sp³-hybridized carbons (Fsp3) is 0.357. The molecule has 0 aromatic carbocycles. The van der Waals surface area contributed by atoms with Gasteiger partial charge in [-0.2, -0.15) is 0 Å². The lowest BCUT2D eigenvalue weighted by molar-refractivity contribution is -0.150. The van der Waals surface area contributed by atoms with Gasteiger partial charge in [-0.25, -0.2) is 9.78 Å². The zero-order chi connectivity index (χ0) is 19.3. The van der Waals surface area contributed by atoms with Crippen molar-refractivity contribution in [3.63, 3.8) is 0 Å². The number of carbonyl (C=O) groups excluding carboxylic acids is 2. The average Bonchev–Trinajstić information content (AvgIpc) is 3.40. The number of oxime groups is 1. The number of rotatable bonds is 5. The summed E-state index contributed by atoms with van der Waals surface area (Å²) in [5, 5.41) is 25.1. The Labute approximate surface area is 159 Å². The molecule has 0 saturated carbocycles. The Morgan fingerprint density at radius 3 is 2.78 bits per heavy atom. The molecule has 3 aliphatic heterocycles. The summed E-state index contributed by atoms with van der Waals surface area (Å²) in [5.41, 5.74) is 5.69. The zero-order valence-corrected chi connectivity index (χ0v) is 15.1. The number of carboxylic acid groups (broad SMARTS) is 1. The van der Waals surface area contributed by atoms with E-state index in [1.807, 2.05) is 0 Å². The van der Waals surface area contributed by atoms with Crippen molar-refractivity contribution in [1.29, 1.82) is 0 Å². The maximum atomic E-state index is 12.5. The summed E-state index contributed by atoms with van der Waals surface area (Å²) in [4.78, 5) is 41.6. The number of β-lactam (4-membered cyclic amide) rings is 1. The fourth-order valence-electron chi connectivity index (χ4n) is 2.96. The van der Waals surface area contributed by atoms with Crippen LogP contribution in [-0.2, 0) is 19.1 Å². The topological polar surface area (TPSA) is 171 Å². The van der Waals surface area contributed by atoms with Crippen molar-refractivity contribution in [2.75, 3.05) is 18.1 Å². The van der Waals surface area contributed by atoms with Gasteiger partial charge in [-0.1, -0.05) is 5.16 Å². The number of thiazole rings is 1. The summed E-state index contributed by atoms with van der Waals surface area (Å²) in [6, 6.07) is -0.939. The summed E-state index contributed by atoms with van der Waals surface area (Å²) in [7, 11) is 0. The molecule has 2 saturated heterocycles. The van der Waals surface area contributed by atoms with Gasteiger partial charge in [0.1, 0.15) is 28.9 Å².